The predicted octanol–water partition coefficient (Wildman–Crippen LogP) is 1.23. The van der Waals surface area contributed by atoms with Crippen LogP contribution >= 0.6 is 11.3 Å². The first kappa shape index (κ1) is 10.5. The van der Waals surface area contributed by atoms with Crippen LogP contribution in [0.5, 0.6) is 0 Å². The first-order chi connectivity index (χ1) is 7.92. The molecule has 0 bridgehead atoms. The maximum Gasteiger partial charge on any atom is 0.185 e. The zero-order valence-corrected chi connectivity index (χ0v) is 10.1. The lowest BCUT2D eigenvalue weighted by Crippen LogP contribution is -2.36. The van der Waals surface area contributed by atoms with Crippen LogP contribution in [-0.2, 0) is 11.3 Å². The molecule has 3 rings (SSSR count). The third-order valence-electron chi connectivity index (χ3n) is 2.97. The van der Waals surface area contributed by atoms with Crippen molar-refractivity contribution >= 4 is 16.5 Å². The molecular formula is C11H17N3OS. The van der Waals surface area contributed by atoms with Gasteiger partial charge in [-0.15, -0.1) is 11.3 Å². The summed E-state index contributed by atoms with van der Waals surface area (Å²) in [6, 6.07) is 0.772. The molecule has 5 heteroatoms. The van der Waals surface area contributed by atoms with Crippen LogP contribution in [0.2, 0.25) is 0 Å². The van der Waals surface area contributed by atoms with Gasteiger partial charge in [-0.25, -0.2) is 4.98 Å². The zero-order chi connectivity index (χ0) is 10.8. The summed E-state index contributed by atoms with van der Waals surface area (Å²) in [5.41, 5.74) is 0. The van der Waals surface area contributed by atoms with E-state index < -0.39 is 0 Å². The second kappa shape index (κ2) is 4.69. The molecule has 1 aliphatic carbocycles. The highest BCUT2D eigenvalue weighted by molar-refractivity contribution is 7.15. The molecule has 0 spiro atoms. The van der Waals surface area contributed by atoms with Gasteiger partial charge in [-0.1, -0.05) is 0 Å². The Morgan fingerprint density at radius 1 is 1.44 bits per heavy atom. The monoisotopic (exact) mass is 239 g/mol. The van der Waals surface area contributed by atoms with Crippen molar-refractivity contribution in [3.63, 3.8) is 0 Å². The highest BCUT2D eigenvalue weighted by Gasteiger charge is 2.21. The summed E-state index contributed by atoms with van der Waals surface area (Å²) in [6.07, 6.45) is 4.69. The summed E-state index contributed by atoms with van der Waals surface area (Å²) in [4.78, 5) is 8.14. The molecule has 1 saturated heterocycles. The van der Waals surface area contributed by atoms with Crippen LogP contribution < -0.4 is 10.2 Å². The number of ether oxygens (including phenoxy) is 1. The number of nitrogens with zero attached hydrogens (tertiary/aromatic N) is 2. The fourth-order valence-corrected chi connectivity index (χ4v) is 2.72. The van der Waals surface area contributed by atoms with Crippen molar-refractivity contribution in [3.05, 3.63) is 11.1 Å². The van der Waals surface area contributed by atoms with Crippen molar-refractivity contribution in [1.82, 2.24) is 10.3 Å². The molecule has 1 aromatic rings. The molecule has 1 saturated carbocycles. The van der Waals surface area contributed by atoms with E-state index in [-0.39, 0.29) is 0 Å². The Labute approximate surface area is 99.6 Å². The molecule has 88 valence electrons. The largest absolute Gasteiger partial charge is 0.378 e. The predicted molar refractivity (Wildman–Crippen MR) is 65.0 cm³/mol. The van der Waals surface area contributed by atoms with E-state index in [2.05, 4.69) is 15.2 Å². The first-order valence-corrected chi connectivity index (χ1v) is 6.74. The average Bonchev–Trinajstić information content (AvgIpc) is 3.05. The topological polar surface area (TPSA) is 37.4 Å². The summed E-state index contributed by atoms with van der Waals surface area (Å²) in [5, 5.41) is 4.67. The van der Waals surface area contributed by atoms with Crippen molar-refractivity contribution in [2.75, 3.05) is 31.2 Å². The van der Waals surface area contributed by atoms with E-state index in [1.807, 2.05) is 6.20 Å². The van der Waals surface area contributed by atoms with E-state index in [9.17, 15) is 0 Å². The molecule has 4 nitrogen and oxygen atoms in total. The fourth-order valence-electron chi connectivity index (χ4n) is 1.81. The Balaban J connectivity index is 1.57. The number of morpholine rings is 1. The van der Waals surface area contributed by atoms with E-state index in [1.54, 1.807) is 11.3 Å². The van der Waals surface area contributed by atoms with Crippen LogP contribution in [0.3, 0.4) is 0 Å². The highest BCUT2D eigenvalue weighted by Crippen LogP contribution is 2.25. The quantitative estimate of drug-likeness (QED) is 0.857. The lowest BCUT2D eigenvalue weighted by atomic mass is 10.5. The first-order valence-electron chi connectivity index (χ1n) is 5.92. The van der Waals surface area contributed by atoms with Crippen LogP contribution in [-0.4, -0.2) is 37.3 Å². The Bertz CT molecular complexity index is 345. The summed E-state index contributed by atoms with van der Waals surface area (Å²) >= 11 is 1.81. The number of nitrogens with one attached hydrogen (secondary N) is 1. The summed E-state index contributed by atoms with van der Waals surface area (Å²) in [7, 11) is 0. The second-order valence-electron chi connectivity index (χ2n) is 4.36. The standard InChI is InChI=1S/C11H17N3OS/c1-2-9(1)12-7-10-8-13-11(16-10)14-3-5-15-6-4-14/h8-9,12H,1-7H2. The molecular weight excluding hydrogens is 222 g/mol. The molecule has 0 unspecified atom stereocenters. The van der Waals surface area contributed by atoms with Crippen molar-refractivity contribution in [2.45, 2.75) is 25.4 Å². The van der Waals surface area contributed by atoms with Crippen molar-refractivity contribution in [1.29, 1.82) is 0 Å². The smallest absolute Gasteiger partial charge is 0.185 e. The number of rotatable bonds is 4. The molecule has 2 aliphatic rings. The van der Waals surface area contributed by atoms with Gasteiger partial charge in [0.25, 0.3) is 0 Å². The molecule has 0 aromatic carbocycles. The van der Waals surface area contributed by atoms with E-state index in [0.29, 0.717) is 0 Å². The fraction of sp³-hybridized carbons (Fsp3) is 0.727. The maximum atomic E-state index is 5.34. The van der Waals surface area contributed by atoms with E-state index in [0.717, 1.165) is 44.0 Å². The van der Waals surface area contributed by atoms with Crippen LogP contribution in [0, 0.1) is 0 Å². The van der Waals surface area contributed by atoms with Gasteiger partial charge in [0.2, 0.25) is 0 Å². The summed E-state index contributed by atoms with van der Waals surface area (Å²) in [6.45, 7) is 4.59. The minimum Gasteiger partial charge on any atom is -0.378 e. The second-order valence-corrected chi connectivity index (χ2v) is 5.46. The SMILES string of the molecule is c1nc(N2CCOCC2)sc1CNC1CC1. The van der Waals surface area contributed by atoms with Gasteiger partial charge in [0.1, 0.15) is 0 Å². The van der Waals surface area contributed by atoms with Gasteiger partial charge in [0.15, 0.2) is 5.13 Å². The molecule has 0 amide bonds. The summed E-state index contributed by atoms with van der Waals surface area (Å²) < 4.78 is 5.34. The highest BCUT2D eigenvalue weighted by atomic mass is 32.1. The number of hydrogen-bond donors (Lipinski definition) is 1. The van der Waals surface area contributed by atoms with Gasteiger partial charge >= 0.3 is 0 Å². The Hall–Kier alpha value is -0.650. The average molecular weight is 239 g/mol. The molecule has 1 N–H and O–H groups in total. The minimum atomic E-state index is 0.772. The third kappa shape index (κ3) is 2.53. The lowest BCUT2D eigenvalue weighted by molar-refractivity contribution is 0.122. The lowest BCUT2D eigenvalue weighted by Gasteiger charge is -2.25. The van der Waals surface area contributed by atoms with Crippen molar-refractivity contribution < 1.29 is 4.74 Å². The van der Waals surface area contributed by atoms with Crippen molar-refractivity contribution in [3.8, 4) is 0 Å². The van der Waals surface area contributed by atoms with E-state index >= 15 is 0 Å². The van der Waals surface area contributed by atoms with Gasteiger partial charge in [-0.2, -0.15) is 0 Å². The molecule has 16 heavy (non-hydrogen) atoms. The molecule has 0 atom stereocenters. The van der Waals surface area contributed by atoms with Crippen LogP contribution in [0.1, 0.15) is 17.7 Å². The molecule has 1 aliphatic heterocycles. The molecule has 2 fully saturated rings. The molecule has 2 heterocycles. The number of hydrogen-bond acceptors (Lipinski definition) is 5. The Morgan fingerprint density at radius 3 is 3.00 bits per heavy atom. The van der Waals surface area contributed by atoms with Gasteiger partial charge in [0.05, 0.1) is 13.2 Å². The molecule has 0 radical (unpaired) electrons. The van der Waals surface area contributed by atoms with Crippen molar-refractivity contribution in [2.24, 2.45) is 0 Å². The Morgan fingerprint density at radius 2 is 2.25 bits per heavy atom. The van der Waals surface area contributed by atoms with Gasteiger partial charge in [-0.3, -0.25) is 0 Å². The minimum absolute atomic E-state index is 0.772. The maximum absolute atomic E-state index is 5.34. The molecule has 1 aromatic heterocycles. The van der Waals surface area contributed by atoms with Gasteiger partial charge in [-0.05, 0) is 12.8 Å². The van der Waals surface area contributed by atoms with E-state index in [1.165, 1.54) is 17.7 Å². The number of anilines is 1. The number of aromatic nitrogens is 1. The third-order valence-corrected chi connectivity index (χ3v) is 4.02. The van der Waals surface area contributed by atoms with Crippen LogP contribution in [0.25, 0.3) is 0 Å². The van der Waals surface area contributed by atoms with Crippen LogP contribution in [0.15, 0.2) is 6.20 Å². The number of thiazole rings is 1. The Kier molecular flexibility index (Phi) is 3.08. The summed E-state index contributed by atoms with van der Waals surface area (Å²) in [5.74, 6) is 0. The van der Waals surface area contributed by atoms with Gasteiger partial charge in [0, 0.05) is 36.8 Å². The van der Waals surface area contributed by atoms with Crippen LogP contribution in [0.4, 0.5) is 5.13 Å². The van der Waals surface area contributed by atoms with E-state index in [4.69, 9.17) is 4.74 Å². The zero-order valence-electron chi connectivity index (χ0n) is 9.32. The normalized spacial score (nSPS) is 21.4. The van der Waals surface area contributed by atoms with Gasteiger partial charge < -0.3 is 15.0 Å².